The Hall–Kier alpha value is -2.34. The van der Waals surface area contributed by atoms with Crippen molar-refractivity contribution in [1.29, 1.82) is 0 Å². The maximum absolute atomic E-state index is 12.2. The number of rotatable bonds is 8. The number of nitrogens with one attached hydrogen (secondary N) is 2. The van der Waals surface area contributed by atoms with E-state index in [1.807, 2.05) is 29.8 Å². The van der Waals surface area contributed by atoms with Gasteiger partial charge in [0, 0.05) is 24.3 Å². The molecule has 0 bridgehead atoms. The predicted molar refractivity (Wildman–Crippen MR) is 117 cm³/mol. The van der Waals surface area contributed by atoms with E-state index in [9.17, 15) is 4.79 Å². The minimum atomic E-state index is -0.105. The Labute approximate surface area is 174 Å². The Kier molecular flexibility index (Phi) is 7.69. The monoisotopic (exact) mass is 397 g/mol. The van der Waals surface area contributed by atoms with Gasteiger partial charge < -0.3 is 15.5 Å². The Morgan fingerprint density at radius 3 is 2.59 bits per heavy atom. The number of benzene rings is 1. The van der Waals surface area contributed by atoms with Gasteiger partial charge in [0.2, 0.25) is 0 Å². The first-order chi connectivity index (χ1) is 14.0. The van der Waals surface area contributed by atoms with Gasteiger partial charge in [0.25, 0.3) is 0 Å². The molecule has 0 aliphatic carbocycles. The first kappa shape index (κ1) is 21.4. The maximum atomic E-state index is 12.2. The van der Waals surface area contributed by atoms with E-state index in [-0.39, 0.29) is 6.03 Å². The second-order valence-corrected chi connectivity index (χ2v) is 8.28. The van der Waals surface area contributed by atoms with Gasteiger partial charge in [-0.3, -0.25) is 4.68 Å². The molecule has 158 valence electrons. The topological polar surface area (TPSA) is 62.2 Å². The van der Waals surface area contributed by atoms with E-state index in [2.05, 4.69) is 46.6 Å². The van der Waals surface area contributed by atoms with Crippen LogP contribution in [0.3, 0.4) is 0 Å². The van der Waals surface area contributed by atoms with E-state index in [1.165, 1.54) is 31.5 Å². The van der Waals surface area contributed by atoms with Crippen LogP contribution in [-0.2, 0) is 13.1 Å². The Morgan fingerprint density at radius 2 is 1.86 bits per heavy atom. The number of urea groups is 1. The third-order valence-corrected chi connectivity index (χ3v) is 5.95. The first-order valence-corrected chi connectivity index (χ1v) is 10.8. The summed E-state index contributed by atoms with van der Waals surface area (Å²) in [6.07, 6.45) is 3.59. The van der Waals surface area contributed by atoms with Crippen LogP contribution in [0.25, 0.3) is 0 Å². The number of hydrogen-bond donors (Lipinski definition) is 2. The number of amides is 2. The SMILES string of the molecule is Cc1nn(Cc2ccccc2)c(C)c1CNC(=O)NCCCN1CCC(C)CC1. The number of carbonyl (C=O) groups is 1. The van der Waals surface area contributed by atoms with Gasteiger partial charge in [-0.05, 0) is 64.2 Å². The summed E-state index contributed by atoms with van der Waals surface area (Å²) in [5, 5.41) is 10.6. The molecule has 0 radical (unpaired) electrons. The molecule has 2 amide bonds. The molecule has 6 nitrogen and oxygen atoms in total. The van der Waals surface area contributed by atoms with Gasteiger partial charge in [0.15, 0.2) is 0 Å². The molecular formula is C23H35N5O. The Balaban J connectivity index is 1.39. The van der Waals surface area contributed by atoms with Crippen molar-refractivity contribution in [3.63, 3.8) is 0 Å². The lowest BCUT2D eigenvalue weighted by Crippen LogP contribution is -2.38. The third kappa shape index (κ3) is 6.32. The predicted octanol–water partition coefficient (Wildman–Crippen LogP) is 3.47. The van der Waals surface area contributed by atoms with E-state index in [4.69, 9.17) is 0 Å². The van der Waals surface area contributed by atoms with Crippen LogP contribution in [0, 0.1) is 19.8 Å². The van der Waals surface area contributed by atoms with Gasteiger partial charge in [0.05, 0.1) is 12.2 Å². The van der Waals surface area contributed by atoms with Gasteiger partial charge in [-0.1, -0.05) is 37.3 Å². The molecule has 2 aromatic rings. The third-order valence-electron chi connectivity index (χ3n) is 5.95. The summed E-state index contributed by atoms with van der Waals surface area (Å²) in [7, 11) is 0. The number of aryl methyl sites for hydroxylation is 1. The van der Waals surface area contributed by atoms with Crippen LogP contribution < -0.4 is 10.6 Å². The normalized spacial score (nSPS) is 15.4. The van der Waals surface area contributed by atoms with Gasteiger partial charge in [-0.2, -0.15) is 5.10 Å². The summed E-state index contributed by atoms with van der Waals surface area (Å²) < 4.78 is 2.01. The number of piperidine rings is 1. The molecule has 0 atom stereocenters. The molecule has 1 aromatic heterocycles. The standard InChI is InChI=1S/C23H35N5O/c1-18-10-14-27(15-11-18)13-7-12-24-23(29)25-16-22-19(2)26-28(20(22)3)17-21-8-5-4-6-9-21/h4-6,8-9,18H,7,10-17H2,1-3H3,(H2,24,25,29). The van der Waals surface area contributed by atoms with Crippen LogP contribution in [0.4, 0.5) is 4.79 Å². The average Bonchev–Trinajstić information content (AvgIpc) is 2.98. The summed E-state index contributed by atoms with van der Waals surface area (Å²) in [6, 6.07) is 10.2. The van der Waals surface area contributed by atoms with Crippen molar-refractivity contribution in [2.45, 2.75) is 53.1 Å². The number of carbonyl (C=O) groups excluding carboxylic acids is 1. The van der Waals surface area contributed by atoms with E-state index in [0.717, 1.165) is 42.4 Å². The van der Waals surface area contributed by atoms with Crippen molar-refractivity contribution >= 4 is 6.03 Å². The molecule has 1 aromatic carbocycles. The molecule has 3 rings (SSSR count). The minimum Gasteiger partial charge on any atom is -0.338 e. The van der Waals surface area contributed by atoms with Gasteiger partial charge >= 0.3 is 6.03 Å². The van der Waals surface area contributed by atoms with Crippen LogP contribution in [0.5, 0.6) is 0 Å². The fourth-order valence-electron chi connectivity index (χ4n) is 3.92. The van der Waals surface area contributed by atoms with Crippen molar-refractivity contribution in [2.75, 3.05) is 26.2 Å². The van der Waals surface area contributed by atoms with Gasteiger partial charge in [-0.15, -0.1) is 0 Å². The van der Waals surface area contributed by atoms with Crippen LogP contribution in [-0.4, -0.2) is 46.9 Å². The lowest BCUT2D eigenvalue weighted by atomic mass is 9.99. The van der Waals surface area contributed by atoms with Crippen molar-refractivity contribution in [1.82, 2.24) is 25.3 Å². The second-order valence-electron chi connectivity index (χ2n) is 8.28. The minimum absolute atomic E-state index is 0.105. The summed E-state index contributed by atoms with van der Waals surface area (Å²) in [4.78, 5) is 14.7. The number of nitrogens with zero attached hydrogens (tertiary/aromatic N) is 3. The zero-order valence-corrected chi connectivity index (χ0v) is 18.1. The molecule has 0 spiro atoms. The van der Waals surface area contributed by atoms with E-state index < -0.39 is 0 Å². The summed E-state index contributed by atoms with van der Waals surface area (Å²) in [5.74, 6) is 0.860. The summed E-state index contributed by atoms with van der Waals surface area (Å²) in [5.41, 5.74) is 4.39. The highest BCUT2D eigenvalue weighted by atomic mass is 16.2. The Bertz CT molecular complexity index is 778. The molecule has 0 saturated carbocycles. The molecule has 6 heteroatoms. The molecule has 0 unspecified atom stereocenters. The van der Waals surface area contributed by atoms with Crippen molar-refractivity contribution in [3.8, 4) is 0 Å². The van der Waals surface area contributed by atoms with E-state index in [0.29, 0.717) is 13.1 Å². The highest BCUT2D eigenvalue weighted by molar-refractivity contribution is 5.73. The highest BCUT2D eigenvalue weighted by Crippen LogP contribution is 2.16. The first-order valence-electron chi connectivity index (χ1n) is 10.8. The largest absolute Gasteiger partial charge is 0.338 e. The molecule has 1 saturated heterocycles. The average molecular weight is 398 g/mol. The highest BCUT2D eigenvalue weighted by Gasteiger charge is 2.15. The fourth-order valence-corrected chi connectivity index (χ4v) is 3.92. The zero-order chi connectivity index (χ0) is 20.6. The molecular weight excluding hydrogens is 362 g/mol. The molecule has 1 aliphatic rings. The van der Waals surface area contributed by atoms with E-state index >= 15 is 0 Å². The quantitative estimate of drug-likeness (QED) is 0.671. The van der Waals surface area contributed by atoms with Crippen LogP contribution in [0.15, 0.2) is 30.3 Å². The number of likely N-dealkylation sites (tertiary alicyclic amines) is 1. The lowest BCUT2D eigenvalue weighted by molar-refractivity contribution is 0.190. The molecule has 2 N–H and O–H groups in total. The van der Waals surface area contributed by atoms with Crippen LogP contribution in [0.1, 0.15) is 48.7 Å². The van der Waals surface area contributed by atoms with Crippen molar-refractivity contribution in [3.05, 3.63) is 52.8 Å². The van der Waals surface area contributed by atoms with Crippen LogP contribution >= 0.6 is 0 Å². The van der Waals surface area contributed by atoms with Crippen molar-refractivity contribution in [2.24, 2.45) is 5.92 Å². The molecule has 1 aliphatic heterocycles. The van der Waals surface area contributed by atoms with Gasteiger partial charge in [-0.25, -0.2) is 4.79 Å². The van der Waals surface area contributed by atoms with Gasteiger partial charge in [0.1, 0.15) is 0 Å². The molecule has 1 fully saturated rings. The smallest absolute Gasteiger partial charge is 0.315 e. The Morgan fingerprint density at radius 1 is 1.14 bits per heavy atom. The summed E-state index contributed by atoms with van der Waals surface area (Å²) >= 11 is 0. The van der Waals surface area contributed by atoms with Crippen molar-refractivity contribution < 1.29 is 4.79 Å². The van der Waals surface area contributed by atoms with Crippen LogP contribution in [0.2, 0.25) is 0 Å². The maximum Gasteiger partial charge on any atom is 0.315 e. The molecule has 29 heavy (non-hydrogen) atoms. The zero-order valence-electron chi connectivity index (χ0n) is 18.1. The number of aromatic nitrogens is 2. The fraction of sp³-hybridized carbons (Fsp3) is 0.565. The number of hydrogen-bond acceptors (Lipinski definition) is 3. The second kappa shape index (κ2) is 10.4. The lowest BCUT2D eigenvalue weighted by Gasteiger charge is -2.30. The molecule has 2 heterocycles. The van der Waals surface area contributed by atoms with E-state index in [1.54, 1.807) is 0 Å². The summed E-state index contributed by atoms with van der Waals surface area (Å²) in [6.45, 7) is 11.8.